The normalized spacial score (nSPS) is 12.1. The minimum atomic E-state index is -4.16. The fourth-order valence-corrected chi connectivity index (χ4v) is 5.78. The third kappa shape index (κ3) is 8.47. The number of aryl methyl sites for hydroxylation is 1. The molecule has 0 saturated carbocycles. The summed E-state index contributed by atoms with van der Waals surface area (Å²) in [5.74, 6) is 0.0904. The maximum absolute atomic E-state index is 14.1. The van der Waals surface area contributed by atoms with Crippen LogP contribution in [0.4, 0.5) is 5.69 Å². The Balaban J connectivity index is 2.03. The molecule has 8 nitrogen and oxygen atoms in total. The number of carbonyl (C=O) groups is 2. The molecule has 3 aromatic rings. The highest BCUT2D eigenvalue weighted by Gasteiger charge is 2.33. The summed E-state index contributed by atoms with van der Waals surface area (Å²) in [6.45, 7) is 7.77. The Kier molecular flexibility index (Phi) is 11.2. The van der Waals surface area contributed by atoms with Crippen LogP contribution in [-0.4, -0.2) is 51.4 Å². The van der Waals surface area contributed by atoms with E-state index in [1.165, 1.54) is 29.2 Å². The van der Waals surface area contributed by atoms with Crippen molar-refractivity contribution in [3.05, 3.63) is 88.9 Å². The van der Waals surface area contributed by atoms with Crippen molar-refractivity contribution in [2.45, 2.75) is 51.6 Å². The zero-order chi connectivity index (χ0) is 30.2. The summed E-state index contributed by atoms with van der Waals surface area (Å²) in [5.41, 5.74) is 2.05. The van der Waals surface area contributed by atoms with Crippen LogP contribution in [0.1, 0.15) is 38.3 Å². The van der Waals surface area contributed by atoms with E-state index in [4.69, 9.17) is 16.3 Å². The second-order valence-electron chi connectivity index (χ2n) is 10.2. The predicted octanol–water partition coefficient (Wildman–Crippen LogP) is 5.43. The Hall–Kier alpha value is -3.56. The van der Waals surface area contributed by atoms with E-state index >= 15 is 0 Å². The zero-order valence-corrected chi connectivity index (χ0v) is 25.7. The quantitative estimate of drug-likeness (QED) is 0.283. The third-order valence-corrected chi connectivity index (χ3v) is 8.62. The maximum Gasteiger partial charge on any atom is 0.264 e. The fraction of sp³-hybridized carbons (Fsp3) is 0.355. The van der Waals surface area contributed by atoms with Gasteiger partial charge in [-0.2, -0.15) is 0 Å². The highest BCUT2D eigenvalue weighted by Crippen LogP contribution is 2.26. The lowest BCUT2D eigenvalue weighted by Crippen LogP contribution is -2.52. The summed E-state index contributed by atoms with van der Waals surface area (Å²) in [4.78, 5) is 28.8. The molecule has 3 rings (SSSR count). The highest BCUT2D eigenvalue weighted by atomic mass is 35.5. The van der Waals surface area contributed by atoms with E-state index in [1.54, 1.807) is 43.5 Å². The van der Waals surface area contributed by atoms with E-state index < -0.39 is 28.5 Å². The molecule has 0 heterocycles. The van der Waals surface area contributed by atoms with Crippen molar-refractivity contribution >= 4 is 39.1 Å². The molecule has 0 aliphatic rings. The van der Waals surface area contributed by atoms with Gasteiger partial charge in [-0.3, -0.25) is 13.9 Å². The Labute approximate surface area is 248 Å². The second-order valence-corrected chi connectivity index (χ2v) is 12.5. The molecule has 1 atom stereocenters. The summed E-state index contributed by atoms with van der Waals surface area (Å²) in [6, 6.07) is 19.1. The summed E-state index contributed by atoms with van der Waals surface area (Å²) >= 11 is 6.01. The number of anilines is 1. The molecule has 3 aromatic carbocycles. The number of hydrogen-bond acceptors (Lipinski definition) is 5. The molecule has 0 aromatic heterocycles. The Morgan fingerprint density at radius 2 is 1.56 bits per heavy atom. The smallest absolute Gasteiger partial charge is 0.264 e. The van der Waals surface area contributed by atoms with E-state index in [1.807, 2.05) is 39.8 Å². The molecule has 0 aliphatic heterocycles. The number of nitrogens with zero attached hydrogens (tertiary/aromatic N) is 2. The van der Waals surface area contributed by atoms with E-state index in [2.05, 4.69) is 5.32 Å². The zero-order valence-electron chi connectivity index (χ0n) is 24.1. The van der Waals surface area contributed by atoms with E-state index in [0.29, 0.717) is 29.4 Å². The average molecular weight is 600 g/mol. The topological polar surface area (TPSA) is 96.0 Å². The Morgan fingerprint density at radius 1 is 0.951 bits per heavy atom. The number of nitrogens with one attached hydrogen (secondary N) is 1. The van der Waals surface area contributed by atoms with E-state index in [0.717, 1.165) is 15.4 Å². The van der Waals surface area contributed by atoms with Gasteiger partial charge in [0.15, 0.2) is 0 Å². The van der Waals surface area contributed by atoms with Crippen molar-refractivity contribution in [3.63, 3.8) is 0 Å². The highest BCUT2D eigenvalue weighted by molar-refractivity contribution is 7.92. The number of rotatable bonds is 13. The standard InChI is InChI=1S/C31H38ClN3O5S/c1-6-29(31(37)33-19-22(2)3)34(20-24-9-15-27(40-5)16-10-24)30(36)21-35(26-13-7-23(4)8-14-26)41(38,39)28-17-11-25(32)12-18-28/h7-18,22,29H,6,19-21H2,1-5H3,(H,33,37)/t29-/m0/s1. The molecule has 0 saturated heterocycles. The van der Waals surface area contributed by atoms with Gasteiger partial charge in [0.05, 0.1) is 17.7 Å². The first-order chi connectivity index (χ1) is 19.5. The van der Waals surface area contributed by atoms with Crippen LogP contribution in [0.5, 0.6) is 5.75 Å². The van der Waals surface area contributed by atoms with Gasteiger partial charge in [0, 0.05) is 18.1 Å². The van der Waals surface area contributed by atoms with Gasteiger partial charge in [-0.1, -0.05) is 62.2 Å². The number of halogens is 1. The second kappa shape index (κ2) is 14.4. The van der Waals surface area contributed by atoms with Crippen LogP contribution in [0, 0.1) is 12.8 Å². The lowest BCUT2D eigenvalue weighted by atomic mass is 10.1. The van der Waals surface area contributed by atoms with Crippen LogP contribution in [0.15, 0.2) is 77.7 Å². The first-order valence-electron chi connectivity index (χ1n) is 13.5. The van der Waals surface area contributed by atoms with Gasteiger partial charge in [0.25, 0.3) is 10.0 Å². The molecule has 41 heavy (non-hydrogen) atoms. The lowest BCUT2D eigenvalue weighted by Gasteiger charge is -2.33. The molecule has 0 spiro atoms. The molecule has 0 bridgehead atoms. The van der Waals surface area contributed by atoms with Crippen molar-refractivity contribution in [2.24, 2.45) is 5.92 Å². The largest absolute Gasteiger partial charge is 0.497 e. The first kappa shape index (κ1) is 32.0. The maximum atomic E-state index is 14.1. The van der Waals surface area contributed by atoms with Crippen molar-refractivity contribution < 1.29 is 22.7 Å². The van der Waals surface area contributed by atoms with Crippen molar-refractivity contribution in [3.8, 4) is 5.75 Å². The molecule has 0 aliphatic carbocycles. The third-order valence-electron chi connectivity index (χ3n) is 6.58. The van der Waals surface area contributed by atoms with Crippen molar-refractivity contribution in [1.82, 2.24) is 10.2 Å². The molecule has 220 valence electrons. The van der Waals surface area contributed by atoms with Crippen LogP contribution in [0.3, 0.4) is 0 Å². The van der Waals surface area contributed by atoms with Crippen LogP contribution < -0.4 is 14.4 Å². The van der Waals surface area contributed by atoms with Gasteiger partial charge in [0.2, 0.25) is 11.8 Å². The molecule has 10 heteroatoms. The number of benzene rings is 3. The number of carbonyl (C=O) groups excluding carboxylic acids is 2. The average Bonchev–Trinajstić information content (AvgIpc) is 2.95. The predicted molar refractivity (Wildman–Crippen MR) is 163 cm³/mol. The molecular formula is C31H38ClN3O5S. The van der Waals surface area contributed by atoms with Crippen LogP contribution in [-0.2, 0) is 26.2 Å². The summed E-state index contributed by atoms with van der Waals surface area (Å²) in [7, 11) is -2.59. The molecule has 2 amide bonds. The van der Waals surface area contributed by atoms with E-state index in [9.17, 15) is 18.0 Å². The monoisotopic (exact) mass is 599 g/mol. The Bertz CT molecular complexity index is 1410. The van der Waals surface area contributed by atoms with Gasteiger partial charge in [-0.05, 0) is 73.4 Å². The van der Waals surface area contributed by atoms with Crippen LogP contribution >= 0.6 is 11.6 Å². The lowest BCUT2D eigenvalue weighted by molar-refractivity contribution is -0.140. The fourth-order valence-electron chi connectivity index (χ4n) is 4.24. The number of methoxy groups -OCH3 is 1. The van der Waals surface area contributed by atoms with Gasteiger partial charge < -0.3 is 15.0 Å². The minimum Gasteiger partial charge on any atom is -0.497 e. The number of sulfonamides is 1. The summed E-state index contributed by atoms with van der Waals surface area (Å²) < 4.78 is 34.1. The molecule has 0 radical (unpaired) electrons. The van der Waals surface area contributed by atoms with Gasteiger partial charge in [-0.15, -0.1) is 0 Å². The summed E-state index contributed by atoms with van der Waals surface area (Å²) in [5, 5.41) is 3.32. The number of hydrogen-bond donors (Lipinski definition) is 1. The summed E-state index contributed by atoms with van der Waals surface area (Å²) in [6.07, 6.45) is 0.348. The first-order valence-corrected chi connectivity index (χ1v) is 15.3. The van der Waals surface area contributed by atoms with E-state index in [-0.39, 0.29) is 23.3 Å². The SMILES string of the molecule is CC[C@@H](C(=O)NCC(C)C)N(Cc1ccc(OC)cc1)C(=O)CN(c1ccc(C)cc1)S(=O)(=O)c1ccc(Cl)cc1. The Morgan fingerprint density at radius 3 is 2.10 bits per heavy atom. The van der Waals surface area contributed by atoms with Gasteiger partial charge >= 0.3 is 0 Å². The minimum absolute atomic E-state index is 0.00121. The van der Waals surface area contributed by atoms with Gasteiger partial charge in [-0.25, -0.2) is 8.42 Å². The van der Waals surface area contributed by atoms with Crippen LogP contribution in [0.2, 0.25) is 5.02 Å². The molecule has 0 unspecified atom stereocenters. The molecule has 0 fully saturated rings. The van der Waals surface area contributed by atoms with Crippen molar-refractivity contribution in [1.29, 1.82) is 0 Å². The van der Waals surface area contributed by atoms with Crippen molar-refractivity contribution in [2.75, 3.05) is 24.5 Å². The van der Waals surface area contributed by atoms with Gasteiger partial charge in [0.1, 0.15) is 18.3 Å². The number of amides is 2. The van der Waals surface area contributed by atoms with Crippen LogP contribution in [0.25, 0.3) is 0 Å². The molecular weight excluding hydrogens is 562 g/mol. The number of ether oxygens (including phenoxy) is 1. The molecule has 1 N–H and O–H groups in total.